The highest BCUT2D eigenvalue weighted by atomic mass is 127. The predicted octanol–water partition coefficient (Wildman–Crippen LogP) is 3.55. The van der Waals surface area contributed by atoms with E-state index in [1.165, 1.54) is 12.2 Å². The van der Waals surface area contributed by atoms with Gasteiger partial charge in [-0.05, 0) is 43.4 Å². The normalized spacial score (nSPS) is 10.9. The summed E-state index contributed by atoms with van der Waals surface area (Å²) in [4.78, 5) is 8.59. The molecule has 0 unspecified atom stereocenters. The van der Waals surface area contributed by atoms with Gasteiger partial charge in [0.1, 0.15) is 5.15 Å². The molecule has 1 rings (SSSR count). The number of hydrogen-bond acceptors (Lipinski definition) is 3. The molecular formula is C14H24ClIN4S. The fraction of sp³-hybridized carbons (Fsp3) is 0.571. The molecular weight excluding hydrogens is 419 g/mol. The first kappa shape index (κ1) is 20.8. The lowest BCUT2D eigenvalue weighted by atomic mass is 10.3. The average molecular weight is 443 g/mol. The van der Waals surface area contributed by atoms with E-state index < -0.39 is 0 Å². The van der Waals surface area contributed by atoms with Crippen molar-refractivity contribution in [2.75, 3.05) is 25.1 Å². The highest BCUT2D eigenvalue weighted by Gasteiger charge is 1.98. The van der Waals surface area contributed by atoms with Crippen LogP contribution in [0.5, 0.6) is 0 Å². The standard InChI is InChI=1S/C14H23ClN4S.HI/c1-3-16-14(17-8-4-5-9-20-2)19-11-12-6-7-13(15)18-10-12;/h6-7,10H,3-5,8-9,11H2,1-2H3,(H2,16,17,19);1H. The Morgan fingerprint density at radius 2 is 2.14 bits per heavy atom. The fourth-order valence-electron chi connectivity index (χ4n) is 1.59. The first-order chi connectivity index (χ1) is 9.76. The summed E-state index contributed by atoms with van der Waals surface area (Å²) >= 11 is 7.65. The topological polar surface area (TPSA) is 49.3 Å². The monoisotopic (exact) mass is 442 g/mol. The van der Waals surface area contributed by atoms with Gasteiger partial charge in [0.2, 0.25) is 0 Å². The van der Waals surface area contributed by atoms with Gasteiger partial charge < -0.3 is 10.6 Å². The van der Waals surface area contributed by atoms with Crippen molar-refractivity contribution in [1.82, 2.24) is 15.6 Å². The van der Waals surface area contributed by atoms with Crippen molar-refractivity contribution in [3.63, 3.8) is 0 Å². The molecule has 0 spiro atoms. The number of rotatable bonds is 8. The van der Waals surface area contributed by atoms with Gasteiger partial charge in [-0.1, -0.05) is 17.7 Å². The molecule has 1 aromatic rings. The van der Waals surface area contributed by atoms with E-state index in [1.807, 2.05) is 17.8 Å². The van der Waals surface area contributed by atoms with Crippen LogP contribution in [-0.2, 0) is 6.54 Å². The van der Waals surface area contributed by atoms with Crippen LogP contribution < -0.4 is 10.6 Å². The summed E-state index contributed by atoms with van der Waals surface area (Å²) in [7, 11) is 0. The van der Waals surface area contributed by atoms with Crippen LogP contribution in [0, 0.1) is 0 Å². The van der Waals surface area contributed by atoms with Crippen LogP contribution in [0.25, 0.3) is 0 Å². The molecule has 7 heteroatoms. The van der Waals surface area contributed by atoms with Crippen molar-refractivity contribution in [3.05, 3.63) is 29.0 Å². The summed E-state index contributed by atoms with van der Waals surface area (Å²) in [5.74, 6) is 2.07. The Hall–Kier alpha value is -0.210. The molecule has 0 aromatic carbocycles. The average Bonchev–Trinajstić information content (AvgIpc) is 2.46. The summed E-state index contributed by atoms with van der Waals surface area (Å²) < 4.78 is 0. The number of thioether (sulfide) groups is 1. The van der Waals surface area contributed by atoms with Gasteiger partial charge >= 0.3 is 0 Å². The summed E-state index contributed by atoms with van der Waals surface area (Å²) in [6.45, 7) is 4.47. The van der Waals surface area contributed by atoms with Gasteiger partial charge in [0.15, 0.2) is 5.96 Å². The number of pyridine rings is 1. The molecule has 0 aliphatic rings. The van der Waals surface area contributed by atoms with Crippen LogP contribution in [0.4, 0.5) is 0 Å². The maximum atomic E-state index is 5.76. The largest absolute Gasteiger partial charge is 0.357 e. The molecule has 0 fully saturated rings. The molecule has 0 amide bonds. The van der Waals surface area contributed by atoms with Crippen molar-refractivity contribution < 1.29 is 0 Å². The van der Waals surface area contributed by atoms with E-state index in [9.17, 15) is 0 Å². The van der Waals surface area contributed by atoms with E-state index >= 15 is 0 Å². The van der Waals surface area contributed by atoms with E-state index in [0.29, 0.717) is 11.7 Å². The SMILES string of the molecule is CCNC(=NCc1ccc(Cl)nc1)NCCCCSC.I. The summed E-state index contributed by atoms with van der Waals surface area (Å²) in [6, 6.07) is 3.73. The molecule has 4 nitrogen and oxygen atoms in total. The molecule has 120 valence electrons. The van der Waals surface area contributed by atoms with E-state index in [2.05, 4.69) is 33.8 Å². The fourth-order valence-corrected chi connectivity index (χ4v) is 2.19. The molecule has 21 heavy (non-hydrogen) atoms. The Labute approximate surface area is 154 Å². The van der Waals surface area contributed by atoms with Gasteiger partial charge in [0, 0.05) is 19.3 Å². The van der Waals surface area contributed by atoms with E-state index in [1.54, 1.807) is 12.3 Å². The van der Waals surface area contributed by atoms with Gasteiger partial charge in [-0.2, -0.15) is 11.8 Å². The van der Waals surface area contributed by atoms with Crippen LogP contribution in [0.1, 0.15) is 25.3 Å². The van der Waals surface area contributed by atoms with Crippen LogP contribution in [0.3, 0.4) is 0 Å². The first-order valence-electron chi connectivity index (χ1n) is 6.87. The van der Waals surface area contributed by atoms with Crippen LogP contribution in [-0.4, -0.2) is 36.0 Å². The van der Waals surface area contributed by atoms with Gasteiger partial charge in [-0.3, -0.25) is 0 Å². The minimum Gasteiger partial charge on any atom is -0.357 e. The number of unbranched alkanes of at least 4 members (excludes halogenated alkanes) is 1. The lowest BCUT2D eigenvalue weighted by Crippen LogP contribution is -2.37. The lowest BCUT2D eigenvalue weighted by molar-refractivity contribution is 0.734. The summed E-state index contributed by atoms with van der Waals surface area (Å²) in [5, 5.41) is 7.10. The molecule has 0 saturated heterocycles. The zero-order chi connectivity index (χ0) is 14.6. The Balaban J connectivity index is 0.00000400. The van der Waals surface area contributed by atoms with Crippen molar-refractivity contribution in [1.29, 1.82) is 0 Å². The maximum Gasteiger partial charge on any atom is 0.191 e. The molecule has 1 aromatic heterocycles. The van der Waals surface area contributed by atoms with E-state index in [-0.39, 0.29) is 24.0 Å². The van der Waals surface area contributed by atoms with Crippen LogP contribution >= 0.6 is 47.3 Å². The van der Waals surface area contributed by atoms with Crippen LogP contribution in [0.15, 0.2) is 23.3 Å². The van der Waals surface area contributed by atoms with E-state index in [0.717, 1.165) is 31.0 Å². The molecule has 0 bridgehead atoms. The Morgan fingerprint density at radius 3 is 2.76 bits per heavy atom. The highest BCUT2D eigenvalue weighted by molar-refractivity contribution is 14.0. The highest BCUT2D eigenvalue weighted by Crippen LogP contribution is 2.06. The Kier molecular flexibility index (Phi) is 13.3. The van der Waals surface area contributed by atoms with Crippen LogP contribution in [0.2, 0.25) is 5.15 Å². The minimum absolute atomic E-state index is 0. The Bertz CT molecular complexity index is 400. The minimum atomic E-state index is 0. The van der Waals surface area contributed by atoms with Crippen molar-refractivity contribution in [2.45, 2.75) is 26.3 Å². The second-order valence-electron chi connectivity index (χ2n) is 4.31. The second kappa shape index (κ2) is 13.5. The van der Waals surface area contributed by atoms with Gasteiger partial charge in [-0.15, -0.1) is 24.0 Å². The molecule has 0 atom stereocenters. The molecule has 0 saturated carbocycles. The smallest absolute Gasteiger partial charge is 0.191 e. The molecule has 0 aliphatic heterocycles. The van der Waals surface area contributed by atoms with Crippen molar-refractivity contribution >= 4 is 53.3 Å². The molecule has 2 N–H and O–H groups in total. The zero-order valence-electron chi connectivity index (χ0n) is 12.6. The number of hydrogen-bond donors (Lipinski definition) is 2. The quantitative estimate of drug-likeness (QED) is 0.212. The summed E-state index contributed by atoms with van der Waals surface area (Å²) in [6.07, 6.45) is 6.29. The Morgan fingerprint density at radius 1 is 1.33 bits per heavy atom. The second-order valence-corrected chi connectivity index (χ2v) is 5.68. The predicted molar refractivity (Wildman–Crippen MR) is 105 cm³/mol. The number of halogens is 2. The van der Waals surface area contributed by atoms with Gasteiger partial charge in [0.25, 0.3) is 0 Å². The molecule has 0 radical (unpaired) electrons. The number of guanidine groups is 1. The molecule has 0 aliphatic carbocycles. The van der Waals surface area contributed by atoms with Crippen molar-refractivity contribution in [3.8, 4) is 0 Å². The zero-order valence-corrected chi connectivity index (χ0v) is 16.5. The number of nitrogens with one attached hydrogen (secondary N) is 2. The maximum absolute atomic E-state index is 5.76. The van der Waals surface area contributed by atoms with E-state index in [4.69, 9.17) is 11.6 Å². The third-order valence-corrected chi connectivity index (χ3v) is 3.54. The lowest BCUT2D eigenvalue weighted by Gasteiger charge is -2.11. The van der Waals surface area contributed by atoms with Gasteiger partial charge in [-0.25, -0.2) is 9.98 Å². The van der Waals surface area contributed by atoms with Gasteiger partial charge in [0.05, 0.1) is 6.54 Å². The first-order valence-corrected chi connectivity index (χ1v) is 8.65. The third kappa shape index (κ3) is 10.2. The number of nitrogens with zero attached hydrogens (tertiary/aromatic N) is 2. The third-order valence-electron chi connectivity index (χ3n) is 2.62. The van der Waals surface area contributed by atoms with Crippen molar-refractivity contribution in [2.24, 2.45) is 4.99 Å². The summed E-state index contributed by atoms with van der Waals surface area (Å²) in [5.41, 5.74) is 1.05. The number of aliphatic imine (C=N–C) groups is 1. The molecule has 1 heterocycles. The number of aromatic nitrogens is 1.